The second-order valence-corrected chi connectivity index (χ2v) is 25.6. The standard InChI is InChI=1S/C64H66N4O16S2/c1-9-62(8,10-2)67-58(73)42-26-22-40-51-41(23-27-43(52(42)51)59(67)74)57(72)66(56(40)71)47-29-19-37(35-49(47)84-31-17-33-86(80,81)82)36-18-28-46(48(34-36)83-30-16-32-85(77,78)79)63(11-3,12-4)64(13-5,14-6)68-60(75)44-24-20-38-50-39(55(70)65(15-7)54(38)69)21-25-45(53(44)50)61(68)76/h18-29,34-35H,9-17,30-33H2,1-8H3,(H,77,78,79)(H,80,81,82). The monoisotopic (exact) mass is 1210 g/mol. The summed E-state index contributed by atoms with van der Waals surface area (Å²) in [5, 5.41) is 0.785. The number of rotatable bonds is 23. The van der Waals surface area contributed by atoms with Gasteiger partial charge in [-0.2, -0.15) is 16.8 Å². The summed E-state index contributed by atoms with van der Waals surface area (Å²) < 4.78 is 79.8. The summed E-state index contributed by atoms with van der Waals surface area (Å²) in [4.78, 5) is 121. The van der Waals surface area contributed by atoms with Crippen molar-refractivity contribution in [3.8, 4) is 22.6 Å². The van der Waals surface area contributed by atoms with Crippen LogP contribution in [0.5, 0.6) is 11.5 Å². The molecule has 4 heterocycles. The van der Waals surface area contributed by atoms with Crippen molar-refractivity contribution in [3.05, 3.63) is 135 Å². The van der Waals surface area contributed by atoms with Crippen molar-refractivity contribution < 1.29 is 73.8 Å². The van der Waals surface area contributed by atoms with Crippen LogP contribution in [-0.2, 0) is 25.7 Å². The van der Waals surface area contributed by atoms with Gasteiger partial charge in [-0.05, 0) is 143 Å². The Morgan fingerprint density at radius 3 is 1.16 bits per heavy atom. The highest BCUT2D eigenvalue weighted by Gasteiger charge is 2.58. The van der Waals surface area contributed by atoms with Crippen LogP contribution in [0.2, 0.25) is 0 Å². The van der Waals surface area contributed by atoms with Crippen molar-refractivity contribution in [2.45, 2.75) is 123 Å². The van der Waals surface area contributed by atoms with Crippen molar-refractivity contribution >= 4 is 94.7 Å². The molecule has 10 rings (SSSR count). The molecule has 0 saturated carbocycles. The molecule has 8 amide bonds. The lowest BCUT2D eigenvalue weighted by Gasteiger charge is -2.56. The van der Waals surface area contributed by atoms with Crippen LogP contribution >= 0.6 is 0 Å². The van der Waals surface area contributed by atoms with E-state index in [4.69, 9.17) is 9.47 Å². The van der Waals surface area contributed by atoms with E-state index in [9.17, 15) is 54.7 Å². The van der Waals surface area contributed by atoms with E-state index in [1.54, 1.807) is 31.2 Å². The van der Waals surface area contributed by atoms with Gasteiger partial charge in [0.25, 0.3) is 67.5 Å². The number of carbonyl (C=O) groups excluding carboxylic acids is 8. The predicted octanol–water partition coefficient (Wildman–Crippen LogP) is 10.5. The van der Waals surface area contributed by atoms with E-state index in [1.807, 2.05) is 48.5 Å². The minimum atomic E-state index is -4.44. The predicted molar refractivity (Wildman–Crippen MR) is 321 cm³/mol. The third-order valence-electron chi connectivity index (χ3n) is 18.6. The van der Waals surface area contributed by atoms with Gasteiger partial charge in [0.1, 0.15) is 11.5 Å². The number of anilines is 1. The smallest absolute Gasteiger partial charge is 0.266 e. The molecule has 86 heavy (non-hydrogen) atoms. The summed E-state index contributed by atoms with van der Waals surface area (Å²) in [6, 6.07) is 21.8. The molecule has 0 spiro atoms. The maximum absolute atomic E-state index is 15.4. The first kappa shape index (κ1) is 60.9. The Kier molecular flexibility index (Phi) is 15.8. The van der Waals surface area contributed by atoms with Gasteiger partial charge in [0.15, 0.2) is 0 Å². The van der Waals surface area contributed by atoms with E-state index in [1.165, 1.54) is 70.5 Å². The average molecular weight is 1210 g/mol. The zero-order chi connectivity index (χ0) is 62.3. The number of hydrogen-bond acceptors (Lipinski definition) is 14. The molecular formula is C64H66N4O16S2. The molecule has 0 radical (unpaired) electrons. The highest BCUT2D eigenvalue weighted by atomic mass is 32.2. The molecule has 450 valence electrons. The van der Waals surface area contributed by atoms with Gasteiger partial charge < -0.3 is 9.47 Å². The molecule has 4 aliphatic rings. The molecule has 0 unspecified atom stereocenters. The van der Waals surface area contributed by atoms with Crippen LogP contribution in [0, 0.1) is 0 Å². The van der Waals surface area contributed by atoms with Crippen LogP contribution in [0.1, 0.15) is 195 Å². The highest BCUT2D eigenvalue weighted by Crippen LogP contribution is 2.55. The van der Waals surface area contributed by atoms with Crippen LogP contribution in [-0.4, -0.2) is 130 Å². The summed E-state index contributed by atoms with van der Waals surface area (Å²) in [5.41, 5.74) is -0.883. The van der Waals surface area contributed by atoms with Crippen LogP contribution < -0.4 is 14.4 Å². The number of nitrogens with zero attached hydrogens (tertiary/aromatic N) is 4. The quantitative estimate of drug-likeness (QED) is 0.0343. The molecule has 0 aromatic heterocycles. The number of hydrogen-bond donors (Lipinski definition) is 2. The van der Waals surface area contributed by atoms with Crippen molar-refractivity contribution in [2.24, 2.45) is 0 Å². The Balaban J connectivity index is 1.08. The summed E-state index contributed by atoms with van der Waals surface area (Å²) in [7, 11) is -8.86. The minimum absolute atomic E-state index is 0.0234. The lowest BCUT2D eigenvalue weighted by Crippen LogP contribution is -2.66. The Morgan fingerprint density at radius 2 is 0.791 bits per heavy atom. The molecule has 4 aliphatic heterocycles. The number of carbonyl (C=O) groups is 8. The topological polar surface area (TPSA) is 277 Å². The molecule has 0 aliphatic carbocycles. The first-order valence-electron chi connectivity index (χ1n) is 28.9. The van der Waals surface area contributed by atoms with Crippen LogP contribution in [0.4, 0.5) is 5.69 Å². The SMILES string of the molecule is CCN1C(=O)c2ccc3c4c(ccc(c24)C1=O)C(=O)N(C(CC)(CC)C(CC)(CC)c1ccc(-c2ccc(N4C(=O)c5ccc6c7c(ccc(c57)C4=O)C(=O)N(C(C)(CC)CC)C6=O)c(OCCCS(=O)(=O)O)c2)cc1OCCCS(=O)(=O)O)C3=O. The van der Waals surface area contributed by atoms with Crippen LogP contribution in [0.25, 0.3) is 32.7 Å². The highest BCUT2D eigenvalue weighted by molar-refractivity contribution is 7.86. The second-order valence-electron chi connectivity index (χ2n) is 22.4. The Hall–Kier alpha value is -8.18. The van der Waals surface area contributed by atoms with Gasteiger partial charge in [-0.25, -0.2) is 4.90 Å². The molecule has 6 aromatic carbocycles. The lowest BCUT2D eigenvalue weighted by atomic mass is 9.58. The van der Waals surface area contributed by atoms with Crippen molar-refractivity contribution in [1.29, 1.82) is 0 Å². The van der Waals surface area contributed by atoms with E-state index < -0.39 is 95.5 Å². The summed E-state index contributed by atoms with van der Waals surface area (Å²) in [5.74, 6) is -6.23. The number of benzene rings is 6. The molecule has 0 fully saturated rings. The van der Waals surface area contributed by atoms with Gasteiger partial charge in [-0.15, -0.1) is 0 Å². The molecule has 22 heteroatoms. The molecule has 0 saturated heterocycles. The maximum Gasteiger partial charge on any atom is 0.266 e. The summed E-state index contributed by atoms with van der Waals surface area (Å²) in [6.45, 7) is 14.5. The fourth-order valence-electron chi connectivity index (χ4n) is 13.8. The molecule has 20 nitrogen and oxygen atoms in total. The summed E-state index contributed by atoms with van der Waals surface area (Å²) >= 11 is 0. The Morgan fingerprint density at radius 1 is 0.430 bits per heavy atom. The van der Waals surface area contributed by atoms with Crippen molar-refractivity contribution in [3.63, 3.8) is 0 Å². The third-order valence-corrected chi connectivity index (χ3v) is 20.2. The molecule has 2 N–H and O–H groups in total. The third kappa shape index (κ3) is 9.37. The fourth-order valence-corrected chi connectivity index (χ4v) is 14.8. The van der Waals surface area contributed by atoms with Gasteiger partial charge in [0.05, 0.1) is 35.9 Å². The second kappa shape index (κ2) is 22.3. The lowest BCUT2D eigenvalue weighted by molar-refractivity contribution is 0.00365. The van der Waals surface area contributed by atoms with E-state index in [0.29, 0.717) is 42.4 Å². The van der Waals surface area contributed by atoms with Crippen LogP contribution in [0.3, 0.4) is 0 Å². The van der Waals surface area contributed by atoms with Crippen LogP contribution in [0.15, 0.2) is 84.9 Å². The van der Waals surface area contributed by atoms with Crippen molar-refractivity contribution in [2.75, 3.05) is 36.2 Å². The normalized spacial score (nSPS) is 15.5. The van der Waals surface area contributed by atoms with E-state index in [0.717, 1.165) is 9.80 Å². The Labute approximate surface area is 497 Å². The zero-order valence-corrected chi connectivity index (χ0v) is 50.6. The largest absolute Gasteiger partial charge is 0.493 e. The van der Waals surface area contributed by atoms with Gasteiger partial charge in [-0.1, -0.05) is 59.7 Å². The number of amides is 8. The van der Waals surface area contributed by atoms with Gasteiger partial charge in [0.2, 0.25) is 0 Å². The van der Waals surface area contributed by atoms with Crippen molar-refractivity contribution in [1.82, 2.24) is 14.7 Å². The van der Waals surface area contributed by atoms with Gasteiger partial charge in [-0.3, -0.25) is 62.2 Å². The van der Waals surface area contributed by atoms with E-state index in [-0.39, 0.29) is 129 Å². The van der Waals surface area contributed by atoms with Gasteiger partial charge in [0, 0.05) is 89.1 Å². The molecular weight excluding hydrogens is 1140 g/mol. The Bertz CT molecular complexity index is 4060. The molecule has 0 bridgehead atoms. The molecule has 6 aromatic rings. The maximum atomic E-state index is 15.4. The first-order chi connectivity index (χ1) is 40.8. The fraction of sp³-hybridized carbons (Fsp3) is 0.375. The minimum Gasteiger partial charge on any atom is -0.493 e. The summed E-state index contributed by atoms with van der Waals surface area (Å²) in [6.07, 6.45) is 1.69. The van der Waals surface area contributed by atoms with E-state index in [2.05, 4.69) is 0 Å². The number of imide groups is 4. The average Bonchev–Trinajstić information content (AvgIpc) is 0.715. The first-order valence-corrected chi connectivity index (χ1v) is 32.2. The van der Waals surface area contributed by atoms with Gasteiger partial charge >= 0.3 is 0 Å². The number of ether oxygens (including phenoxy) is 2. The zero-order valence-electron chi connectivity index (χ0n) is 49.0. The van der Waals surface area contributed by atoms with E-state index >= 15 is 9.59 Å². The molecule has 0 atom stereocenters.